The number of benzene rings is 1. The maximum atomic E-state index is 11.2. The van der Waals surface area contributed by atoms with Crippen molar-refractivity contribution in [1.29, 1.82) is 0 Å². The molecule has 1 amide bonds. The molecule has 94 valence electrons. The zero-order valence-corrected chi connectivity index (χ0v) is 9.63. The molecule has 1 atom stereocenters. The van der Waals surface area contributed by atoms with Gasteiger partial charge in [0.2, 0.25) is 0 Å². The second-order valence-corrected chi connectivity index (χ2v) is 3.40. The summed E-state index contributed by atoms with van der Waals surface area (Å²) in [5, 5.41) is 10.1. The molecule has 18 heavy (non-hydrogen) atoms. The number of rotatable bonds is 4. The van der Waals surface area contributed by atoms with Crippen LogP contribution in [0.1, 0.15) is 17.1 Å². The van der Waals surface area contributed by atoms with Crippen molar-refractivity contribution in [3.8, 4) is 0 Å². The van der Waals surface area contributed by atoms with Gasteiger partial charge < -0.3 is 10.5 Å². The average Bonchev–Trinajstić information content (AvgIpc) is 2.91. The monoisotopic (exact) mass is 271 g/mol. The Morgan fingerprint density at radius 3 is 3.22 bits per heavy atom. The van der Waals surface area contributed by atoms with Gasteiger partial charge in [0, 0.05) is 10.6 Å². The number of ether oxygens (including phenoxy) is 1. The molecule has 0 fully saturated rings. The van der Waals surface area contributed by atoms with Gasteiger partial charge in [-0.1, -0.05) is 29.8 Å². The summed E-state index contributed by atoms with van der Waals surface area (Å²) in [4.78, 5) is 11.6. The fourth-order valence-electron chi connectivity index (χ4n) is 1.14. The first kappa shape index (κ1) is 8.04. The minimum Gasteiger partial charge on any atom is -0.439 e. The van der Waals surface area contributed by atoms with Crippen LogP contribution in [0.5, 0.6) is 0 Å². The lowest BCUT2D eigenvalue weighted by molar-refractivity contribution is 0.0901. The Hall–Kier alpha value is -2.15. The van der Waals surface area contributed by atoms with E-state index < -0.39 is 18.7 Å². The Kier molecular flexibility index (Phi) is 2.44. The van der Waals surface area contributed by atoms with Gasteiger partial charge in [-0.3, -0.25) is 0 Å². The number of aromatic nitrogens is 4. The number of hydrogen-bond acceptors (Lipinski definition) is 5. The largest absolute Gasteiger partial charge is 0.439 e. The number of nitrogens with zero attached hydrogens (tertiary/aromatic N) is 4. The maximum Gasteiger partial charge on any atom is 0.405 e. The van der Waals surface area contributed by atoms with Gasteiger partial charge in [0.1, 0.15) is 6.50 Å². The first-order valence-electron chi connectivity index (χ1n) is 6.67. The van der Waals surface area contributed by atoms with Gasteiger partial charge in [0.05, 0.1) is 5.48 Å². The summed E-state index contributed by atoms with van der Waals surface area (Å²) in [6, 6.07) is 3.67. The number of amides is 1. The third kappa shape index (κ3) is 2.95. The van der Waals surface area contributed by atoms with Crippen molar-refractivity contribution < 1.29 is 15.0 Å². The van der Waals surface area contributed by atoms with Crippen LogP contribution in [0.3, 0.4) is 0 Å². The van der Waals surface area contributed by atoms with E-state index in [1.54, 1.807) is 0 Å². The predicted molar refractivity (Wildman–Crippen MR) is 62.7 cm³/mol. The topological polar surface area (TPSA) is 95.9 Å². The standard InChI is InChI=1S/C10H10ClN5O2/c11-8-4-2-1-3-7(8)9(18-10(12)17)5-16-14-6-13-15-16/h1-4,6,9H,5H2,(H2,12,17)/i2D,5D2,9D. The zero-order chi connectivity index (χ0) is 16.5. The number of primary amides is 1. The Morgan fingerprint density at radius 1 is 1.78 bits per heavy atom. The van der Waals surface area contributed by atoms with Crippen LogP contribution < -0.4 is 5.73 Å². The van der Waals surface area contributed by atoms with Crippen molar-refractivity contribution in [2.75, 3.05) is 0 Å². The normalized spacial score (nSPS) is 17.8. The lowest BCUT2D eigenvalue weighted by Gasteiger charge is -2.17. The summed E-state index contributed by atoms with van der Waals surface area (Å²) in [5.41, 5.74) is 4.74. The van der Waals surface area contributed by atoms with Crippen LogP contribution in [-0.4, -0.2) is 26.3 Å². The van der Waals surface area contributed by atoms with Crippen LogP contribution in [0.2, 0.25) is 5.02 Å². The highest BCUT2D eigenvalue weighted by Crippen LogP contribution is 2.26. The molecule has 0 radical (unpaired) electrons. The molecule has 1 heterocycles. The van der Waals surface area contributed by atoms with Crippen molar-refractivity contribution in [2.45, 2.75) is 12.6 Å². The molecule has 2 N–H and O–H groups in total. The second kappa shape index (κ2) is 5.46. The molecule has 8 heteroatoms. The second-order valence-electron chi connectivity index (χ2n) is 2.99. The molecule has 0 saturated carbocycles. The lowest BCUT2D eigenvalue weighted by atomic mass is 10.1. The van der Waals surface area contributed by atoms with E-state index in [2.05, 4.69) is 20.1 Å². The van der Waals surface area contributed by atoms with Crippen LogP contribution in [0.25, 0.3) is 0 Å². The molecule has 0 aliphatic heterocycles. The summed E-state index contributed by atoms with van der Waals surface area (Å²) in [5.74, 6) is 0. The van der Waals surface area contributed by atoms with Gasteiger partial charge >= 0.3 is 6.09 Å². The van der Waals surface area contributed by atoms with E-state index in [0.717, 1.165) is 6.33 Å². The van der Waals surface area contributed by atoms with Gasteiger partial charge in [0.15, 0.2) is 12.4 Å². The molecule has 1 aromatic carbocycles. The smallest absolute Gasteiger partial charge is 0.405 e. The van der Waals surface area contributed by atoms with Gasteiger partial charge in [0.25, 0.3) is 0 Å². The highest BCUT2D eigenvalue weighted by atomic mass is 35.5. The number of tetrazole rings is 1. The molecular weight excluding hydrogens is 258 g/mol. The summed E-state index contributed by atoms with van der Waals surface area (Å²) < 4.78 is 36.6. The molecule has 2 rings (SSSR count). The Labute approximate surface area is 113 Å². The summed E-state index contributed by atoms with van der Waals surface area (Å²) in [7, 11) is 0. The van der Waals surface area contributed by atoms with E-state index in [1.165, 1.54) is 18.2 Å². The number of hydrogen-bond donors (Lipinski definition) is 1. The lowest BCUT2D eigenvalue weighted by Crippen LogP contribution is -2.22. The van der Waals surface area contributed by atoms with Crippen molar-refractivity contribution in [2.24, 2.45) is 5.73 Å². The Bertz CT molecular complexity index is 699. The van der Waals surface area contributed by atoms with E-state index in [0.29, 0.717) is 4.80 Å². The third-order valence-corrected chi connectivity index (χ3v) is 2.12. The quantitative estimate of drug-likeness (QED) is 0.900. The van der Waals surface area contributed by atoms with Crippen LogP contribution in [-0.2, 0) is 11.2 Å². The fraction of sp³-hybridized carbons (Fsp3) is 0.200. The van der Waals surface area contributed by atoms with E-state index in [-0.39, 0.29) is 16.6 Å². The minimum absolute atomic E-state index is 0.0367. The van der Waals surface area contributed by atoms with Crippen LogP contribution in [0.15, 0.2) is 30.6 Å². The van der Waals surface area contributed by atoms with E-state index in [4.69, 9.17) is 22.8 Å². The molecule has 1 aromatic heterocycles. The summed E-state index contributed by atoms with van der Waals surface area (Å²) in [6.07, 6.45) is -3.12. The summed E-state index contributed by atoms with van der Waals surface area (Å²) >= 11 is 5.96. The van der Waals surface area contributed by atoms with Gasteiger partial charge in [-0.15, -0.1) is 10.2 Å². The van der Waals surface area contributed by atoms with E-state index in [1.807, 2.05) is 0 Å². The Morgan fingerprint density at radius 2 is 2.61 bits per heavy atom. The van der Waals surface area contributed by atoms with Crippen LogP contribution in [0.4, 0.5) is 4.79 Å². The Balaban J connectivity index is 2.64. The van der Waals surface area contributed by atoms with Gasteiger partial charge in [-0.05, 0) is 11.3 Å². The first-order chi connectivity index (χ1) is 10.2. The van der Waals surface area contributed by atoms with E-state index in [9.17, 15) is 4.79 Å². The minimum atomic E-state index is -2.77. The maximum absolute atomic E-state index is 11.2. The molecule has 1 unspecified atom stereocenters. The van der Waals surface area contributed by atoms with Crippen molar-refractivity contribution in [3.05, 3.63) is 41.2 Å². The highest BCUT2D eigenvalue weighted by Gasteiger charge is 2.19. The number of carbonyl (C=O) groups is 1. The van der Waals surface area contributed by atoms with Crippen molar-refractivity contribution >= 4 is 17.7 Å². The zero-order valence-electron chi connectivity index (χ0n) is 12.9. The fourth-order valence-corrected chi connectivity index (χ4v) is 1.35. The molecule has 0 saturated heterocycles. The number of nitrogens with two attached hydrogens (primary N) is 1. The molecule has 0 spiro atoms. The van der Waals surface area contributed by atoms with Crippen LogP contribution in [0, 0.1) is 0 Å². The third-order valence-electron chi connectivity index (χ3n) is 1.81. The van der Waals surface area contributed by atoms with Crippen molar-refractivity contribution in [1.82, 2.24) is 20.2 Å². The van der Waals surface area contributed by atoms with Crippen LogP contribution >= 0.6 is 11.6 Å². The van der Waals surface area contributed by atoms with Crippen molar-refractivity contribution in [3.63, 3.8) is 0 Å². The number of halogens is 1. The SMILES string of the molecule is [2H]c1ccc(C([2H])(OC(N)=O)C([2H])([2H])n2ncnn2)c(Cl)c1. The molecule has 0 aliphatic rings. The van der Waals surface area contributed by atoms with Gasteiger partial charge in [-0.25, -0.2) is 4.79 Å². The average molecular weight is 272 g/mol. The molecular formula is C10H10ClN5O2. The first-order valence-corrected chi connectivity index (χ1v) is 5.05. The summed E-state index contributed by atoms with van der Waals surface area (Å²) in [6.45, 7) is -2.77. The molecule has 0 aliphatic carbocycles. The molecule has 0 bridgehead atoms. The predicted octanol–water partition coefficient (Wildman–Crippen LogP) is 1.16. The van der Waals surface area contributed by atoms with E-state index >= 15 is 0 Å². The highest BCUT2D eigenvalue weighted by molar-refractivity contribution is 6.31. The number of carbonyl (C=O) groups excluding carboxylic acids is 1. The molecule has 2 aromatic rings. The molecule has 7 nitrogen and oxygen atoms in total. The van der Waals surface area contributed by atoms with Gasteiger partial charge in [-0.2, -0.15) is 4.80 Å².